The van der Waals surface area contributed by atoms with Crippen LogP contribution in [0.4, 0.5) is 0 Å². The highest BCUT2D eigenvalue weighted by atomic mass is 16.6. The zero-order valence-corrected chi connectivity index (χ0v) is 20.8. The SMILES string of the molecule is CCOC(=O)[C@@H]1[C@H]2C(=O)N(CCCCCCO)C(C(=O)NCc3ccccc3)C23CC[C@@]1(CC)O3. The summed E-state index contributed by atoms with van der Waals surface area (Å²) in [7, 11) is 0. The lowest BCUT2D eigenvalue weighted by Gasteiger charge is -2.33. The van der Waals surface area contributed by atoms with Crippen LogP contribution in [0.2, 0.25) is 0 Å². The van der Waals surface area contributed by atoms with E-state index < -0.39 is 35.0 Å². The Kier molecular flexibility index (Phi) is 7.81. The number of rotatable bonds is 12. The Balaban J connectivity index is 1.62. The van der Waals surface area contributed by atoms with Crippen molar-refractivity contribution in [2.75, 3.05) is 19.8 Å². The van der Waals surface area contributed by atoms with Gasteiger partial charge in [-0.3, -0.25) is 14.4 Å². The zero-order chi connectivity index (χ0) is 25.1. The third kappa shape index (κ3) is 4.47. The largest absolute Gasteiger partial charge is 0.466 e. The van der Waals surface area contributed by atoms with E-state index in [2.05, 4.69) is 5.32 Å². The molecule has 0 radical (unpaired) electrons. The number of nitrogens with zero attached hydrogens (tertiary/aromatic N) is 1. The van der Waals surface area contributed by atoms with Gasteiger partial charge in [-0.15, -0.1) is 0 Å². The molecule has 2 N–H and O–H groups in total. The summed E-state index contributed by atoms with van der Waals surface area (Å²) >= 11 is 0. The molecule has 5 atom stereocenters. The highest BCUT2D eigenvalue weighted by Gasteiger charge is 2.78. The number of nitrogens with one attached hydrogen (secondary N) is 1. The Labute approximate surface area is 207 Å². The second-order valence-electron chi connectivity index (χ2n) is 9.96. The standard InChI is InChI=1S/C27H38N2O6/c1-3-26-14-15-27(35-26)20(21(26)25(33)34-4-2)24(32)29(16-10-5-6-11-17-30)22(27)23(31)28-18-19-12-8-7-9-13-19/h7-9,12-13,20-22,30H,3-6,10-11,14-18H2,1-2H3,(H,28,31)/t20-,21-,22?,26+,27?/m0/s1. The number of esters is 1. The summed E-state index contributed by atoms with van der Waals surface area (Å²) < 4.78 is 12.1. The molecular weight excluding hydrogens is 448 g/mol. The number of ether oxygens (including phenoxy) is 2. The molecule has 1 spiro atoms. The van der Waals surface area contributed by atoms with Crippen molar-refractivity contribution in [3.8, 4) is 0 Å². The van der Waals surface area contributed by atoms with Crippen LogP contribution >= 0.6 is 0 Å². The van der Waals surface area contributed by atoms with Crippen LogP contribution in [-0.2, 0) is 30.4 Å². The predicted molar refractivity (Wildman–Crippen MR) is 129 cm³/mol. The smallest absolute Gasteiger partial charge is 0.312 e. The molecule has 0 saturated carbocycles. The molecule has 8 heteroatoms. The number of unbranched alkanes of at least 4 members (excludes halogenated alkanes) is 3. The molecule has 2 bridgehead atoms. The maximum absolute atomic E-state index is 13.9. The van der Waals surface area contributed by atoms with Gasteiger partial charge in [0.2, 0.25) is 11.8 Å². The van der Waals surface area contributed by atoms with Crippen molar-refractivity contribution in [2.45, 2.75) is 82.6 Å². The van der Waals surface area contributed by atoms with E-state index in [4.69, 9.17) is 14.6 Å². The lowest BCUT2D eigenvalue weighted by Crippen LogP contribution is -2.55. The molecule has 8 nitrogen and oxygen atoms in total. The lowest BCUT2D eigenvalue weighted by atomic mass is 9.65. The molecule has 1 aromatic carbocycles. The Morgan fingerprint density at radius 3 is 2.57 bits per heavy atom. The van der Waals surface area contributed by atoms with E-state index in [1.807, 2.05) is 37.3 Å². The molecule has 4 rings (SSSR count). The number of benzene rings is 1. The molecule has 2 amide bonds. The molecule has 3 fully saturated rings. The summed E-state index contributed by atoms with van der Waals surface area (Å²) in [4.78, 5) is 42.3. The number of carbonyl (C=O) groups excluding carboxylic acids is 3. The lowest BCUT2D eigenvalue weighted by molar-refractivity contribution is -0.160. The summed E-state index contributed by atoms with van der Waals surface area (Å²) in [6, 6.07) is 8.87. The molecule has 3 saturated heterocycles. The Morgan fingerprint density at radius 2 is 1.89 bits per heavy atom. The number of likely N-dealkylation sites (tertiary alicyclic amines) is 1. The number of aliphatic hydroxyl groups excluding tert-OH is 1. The second-order valence-corrected chi connectivity index (χ2v) is 9.96. The molecule has 3 aliphatic rings. The van der Waals surface area contributed by atoms with Crippen LogP contribution in [0.15, 0.2) is 30.3 Å². The summed E-state index contributed by atoms with van der Waals surface area (Å²) in [6.07, 6.45) is 4.93. The summed E-state index contributed by atoms with van der Waals surface area (Å²) in [5.41, 5.74) is -0.811. The van der Waals surface area contributed by atoms with Crippen molar-refractivity contribution in [3.63, 3.8) is 0 Å². The molecular formula is C27H38N2O6. The van der Waals surface area contributed by atoms with Gasteiger partial charge in [-0.25, -0.2) is 0 Å². The van der Waals surface area contributed by atoms with Crippen molar-refractivity contribution in [1.29, 1.82) is 0 Å². The van der Waals surface area contributed by atoms with Gasteiger partial charge in [0.15, 0.2) is 0 Å². The van der Waals surface area contributed by atoms with Crippen LogP contribution in [0.5, 0.6) is 0 Å². The topological polar surface area (TPSA) is 105 Å². The fourth-order valence-electron chi connectivity index (χ4n) is 6.48. The van der Waals surface area contributed by atoms with Crippen LogP contribution in [0.1, 0.15) is 64.4 Å². The van der Waals surface area contributed by atoms with Gasteiger partial charge in [0.25, 0.3) is 0 Å². The number of hydrogen-bond acceptors (Lipinski definition) is 6. The third-order valence-corrected chi connectivity index (χ3v) is 8.09. The number of carbonyl (C=O) groups is 3. The summed E-state index contributed by atoms with van der Waals surface area (Å²) in [5, 5.41) is 12.1. The van der Waals surface area contributed by atoms with E-state index in [-0.39, 0.29) is 25.0 Å². The minimum Gasteiger partial charge on any atom is -0.466 e. The first kappa shape index (κ1) is 25.6. The van der Waals surface area contributed by atoms with Gasteiger partial charge in [-0.1, -0.05) is 50.1 Å². The fraction of sp³-hybridized carbons (Fsp3) is 0.667. The first-order valence-corrected chi connectivity index (χ1v) is 13.0. The van der Waals surface area contributed by atoms with Crippen LogP contribution in [0, 0.1) is 11.8 Å². The Bertz CT molecular complexity index is 924. The maximum Gasteiger partial charge on any atom is 0.312 e. The average Bonchev–Trinajstić information content (AvgIpc) is 3.47. The highest BCUT2D eigenvalue weighted by molar-refractivity contribution is 5.98. The van der Waals surface area contributed by atoms with Gasteiger partial charge >= 0.3 is 5.97 Å². The highest BCUT2D eigenvalue weighted by Crippen LogP contribution is 2.64. The van der Waals surface area contributed by atoms with E-state index >= 15 is 0 Å². The number of hydrogen-bond donors (Lipinski definition) is 2. The van der Waals surface area contributed by atoms with Crippen LogP contribution in [0.25, 0.3) is 0 Å². The van der Waals surface area contributed by atoms with Crippen molar-refractivity contribution in [1.82, 2.24) is 10.2 Å². The molecule has 192 valence electrons. The van der Waals surface area contributed by atoms with Gasteiger partial charge in [-0.05, 0) is 44.6 Å². The van der Waals surface area contributed by atoms with Crippen molar-refractivity contribution < 1.29 is 29.0 Å². The molecule has 2 unspecified atom stereocenters. The van der Waals surface area contributed by atoms with Gasteiger partial charge in [0.1, 0.15) is 17.6 Å². The number of aliphatic hydroxyl groups is 1. The average molecular weight is 487 g/mol. The minimum absolute atomic E-state index is 0.145. The summed E-state index contributed by atoms with van der Waals surface area (Å²) in [5.74, 6) is -2.23. The molecule has 3 aliphatic heterocycles. The van der Waals surface area contributed by atoms with Crippen LogP contribution in [0.3, 0.4) is 0 Å². The fourth-order valence-corrected chi connectivity index (χ4v) is 6.48. The second kappa shape index (κ2) is 10.7. The monoisotopic (exact) mass is 486 g/mol. The molecule has 1 aromatic rings. The molecule has 35 heavy (non-hydrogen) atoms. The van der Waals surface area contributed by atoms with E-state index in [9.17, 15) is 14.4 Å². The molecule has 3 heterocycles. The first-order chi connectivity index (χ1) is 16.9. The van der Waals surface area contributed by atoms with Gasteiger partial charge < -0.3 is 24.8 Å². The third-order valence-electron chi connectivity index (χ3n) is 8.09. The molecule has 0 aromatic heterocycles. The normalized spacial score (nSPS) is 31.0. The maximum atomic E-state index is 13.9. The number of amides is 2. The van der Waals surface area contributed by atoms with Crippen LogP contribution in [-0.4, -0.2) is 64.8 Å². The quantitative estimate of drug-likeness (QED) is 0.348. The first-order valence-electron chi connectivity index (χ1n) is 13.0. The number of fused-ring (bicyclic) bond motifs is 1. The van der Waals surface area contributed by atoms with E-state index in [1.165, 1.54) is 0 Å². The van der Waals surface area contributed by atoms with Crippen LogP contribution < -0.4 is 5.32 Å². The van der Waals surface area contributed by atoms with Crippen molar-refractivity contribution >= 4 is 17.8 Å². The zero-order valence-electron chi connectivity index (χ0n) is 20.8. The van der Waals surface area contributed by atoms with E-state index in [0.717, 1.165) is 24.8 Å². The minimum atomic E-state index is -1.02. The summed E-state index contributed by atoms with van der Waals surface area (Å²) in [6.45, 7) is 4.89. The van der Waals surface area contributed by atoms with E-state index in [0.29, 0.717) is 38.8 Å². The van der Waals surface area contributed by atoms with Crippen molar-refractivity contribution in [3.05, 3.63) is 35.9 Å². The van der Waals surface area contributed by atoms with Gasteiger partial charge in [0, 0.05) is 19.7 Å². The Morgan fingerprint density at radius 1 is 1.14 bits per heavy atom. The molecule has 0 aliphatic carbocycles. The van der Waals surface area contributed by atoms with E-state index in [1.54, 1.807) is 11.8 Å². The van der Waals surface area contributed by atoms with Gasteiger partial charge in [-0.2, -0.15) is 0 Å². The van der Waals surface area contributed by atoms with Gasteiger partial charge in [0.05, 0.1) is 18.1 Å². The van der Waals surface area contributed by atoms with Crippen molar-refractivity contribution in [2.24, 2.45) is 11.8 Å². The Hall–Kier alpha value is -2.45. The predicted octanol–water partition coefficient (Wildman–Crippen LogP) is 2.57.